The predicted molar refractivity (Wildman–Crippen MR) is 53.9 cm³/mol. The molecule has 1 aromatic rings. The minimum atomic E-state index is 0.705. The molecule has 3 nitrogen and oxygen atoms in total. The summed E-state index contributed by atoms with van der Waals surface area (Å²) in [5.74, 6) is 1.57. The zero-order chi connectivity index (χ0) is 9.38. The first-order valence-corrected chi connectivity index (χ1v) is 5.42. The van der Waals surface area contributed by atoms with Crippen molar-refractivity contribution in [1.82, 2.24) is 15.3 Å². The van der Waals surface area contributed by atoms with Gasteiger partial charge < -0.3 is 5.32 Å². The average Bonchev–Trinajstić information content (AvgIpc) is 2.55. The van der Waals surface area contributed by atoms with Gasteiger partial charge in [0.15, 0.2) is 0 Å². The SMILES string of the molecule is c1ncc(C2CC3CC2CCN3)cn1. The van der Waals surface area contributed by atoms with E-state index in [9.17, 15) is 0 Å². The largest absolute Gasteiger partial charge is 0.314 e. The van der Waals surface area contributed by atoms with Crippen molar-refractivity contribution in [3.63, 3.8) is 0 Å². The Labute approximate surface area is 84.0 Å². The molecule has 2 fully saturated rings. The number of aromatic nitrogens is 2. The van der Waals surface area contributed by atoms with Crippen LogP contribution in [0.2, 0.25) is 0 Å². The van der Waals surface area contributed by atoms with Gasteiger partial charge in [0.05, 0.1) is 0 Å². The topological polar surface area (TPSA) is 37.8 Å². The molecule has 3 atom stereocenters. The second-order valence-corrected chi connectivity index (χ2v) is 4.45. The van der Waals surface area contributed by atoms with Gasteiger partial charge in [0.25, 0.3) is 0 Å². The van der Waals surface area contributed by atoms with Crippen molar-refractivity contribution in [3.05, 3.63) is 24.3 Å². The molecule has 2 heterocycles. The first-order valence-electron chi connectivity index (χ1n) is 5.42. The third-order valence-electron chi connectivity index (χ3n) is 3.65. The van der Waals surface area contributed by atoms with E-state index < -0.39 is 0 Å². The maximum absolute atomic E-state index is 4.11. The molecular formula is C11H15N3. The van der Waals surface area contributed by atoms with E-state index in [1.807, 2.05) is 12.4 Å². The smallest absolute Gasteiger partial charge is 0.115 e. The highest BCUT2D eigenvalue weighted by molar-refractivity contribution is 5.16. The van der Waals surface area contributed by atoms with E-state index in [0.717, 1.165) is 12.0 Å². The monoisotopic (exact) mass is 189 g/mol. The molecule has 3 rings (SSSR count). The summed E-state index contributed by atoms with van der Waals surface area (Å²) < 4.78 is 0. The van der Waals surface area contributed by atoms with Gasteiger partial charge >= 0.3 is 0 Å². The Bertz CT molecular complexity index is 312. The van der Waals surface area contributed by atoms with E-state index in [4.69, 9.17) is 0 Å². The molecule has 3 heteroatoms. The zero-order valence-electron chi connectivity index (χ0n) is 8.19. The summed E-state index contributed by atoms with van der Waals surface area (Å²) >= 11 is 0. The Morgan fingerprint density at radius 1 is 1.21 bits per heavy atom. The summed E-state index contributed by atoms with van der Waals surface area (Å²) in [6.07, 6.45) is 9.52. The second-order valence-electron chi connectivity index (χ2n) is 4.45. The maximum atomic E-state index is 4.11. The molecular weight excluding hydrogens is 174 g/mol. The molecule has 0 aromatic carbocycles. The minimum absolute atomic E-state index is 0.705. The average molecular weight is 189 g/mol. The van der Waals surface area contributed by atoms with Crippen LogP contribution in [0.25, 0.3) is 0 Å². The van der Waals surface area contributed by atoms with E-state index in [2.05, 4.69) is 15.3 Å². The number of nitrogens with one attached hydrogen (secondary N) is 1. The van der Waals surface area contributed by atoms with Gasteiger partial charge in [-0.05, 0) is 43.2 Å². The van der Waals surface area contributed by atoms with Crippen LogP contribution in [-0.2, 0) is 0 Å². The van der Waals surface area contributed by atoms with E-state index >= 15 is 0 Å². The van der Waals surface area contributed by atoms with Gasteiger partial charge in [-0.2, -0.15) is 0 Å². The van der Waals surface area contributed by atoms with Gasteiger partial charge in [0, 0.05) is 18.4 Å². The van der Waals surface area contributed by atoms with E-state index in [1.165, 1.54) is 31.4 Å². The van der Waals surface area contributed by atoms with Crippen molar-refractivity contribution in [2.75, 3.05) is 6.54 Å². The molecule has 0 radical (unpaired) electrons. The normalized spacial score (nSPS) is 35.9. The quantitative estimate of drug-likeness (QED) is 0.724. The van der Waals surface area contributed by atoms with Gasteiger partial charge in [-0.3, -0.25) is 0 Å². The zero-order valence-corrected chi connectivity index (χ0v) is 8.19. The number of hydrogen-bond donors (Lipinski definition) is 1. The Morgan fingerprint density at radius 2 is 2.07 bits per heavy atom. The third kappa shape index (κ3) is 1.32. The summed E-state index contributed by atoms with van der Waals surface area (Å²) in [5, 5.41) is 3.57. The number of hydrogen-bond acceptors (Lipinski definition) is 3. The molecule has 14 heavy (non-hydrogen) atoms. The van der Waals surface area contributed by atoms with Crippen molar-refractivity contribution < 1.29 is 0 Å². The van der Waals surface area contributed by atoms with Crippen LogP contribution in [0.5, 0.6) is 0 Å². The van der Waals surface area contributed by atoms with Crippen molar-refractivity contribution in [2.24, 2.45) is 5.92 Å². The summed E-state index contributed by atoms with van der Waals surface area (Å²) in [4.78, 5) is 8.22. The van der Waals surface area contributed by atoms with Crippen LogP contribution in [0.3, 0.4) is 0 Å². The van der Waals surface area contributed by atoms with Gasteiger partial charge in [-0.1, -0.05) is 0 Å². The molecule has 1 saturated heterocycles. The molecule has 1 saturated carbocycles. The molecule has 0 spiro atoms. The first-order chi connectivity index (χ1) is 6.93. The van der Waals surface area contributed by atoms with Gasteiger partial charge in [-0.25, -0.2) is 9.97 Å². The highest BCUT2D eigenvalue weighted by Crippen LogP contribution is 2.43. The Morgan fingerprint density at radius 3 is 2.86 bits per heavy atom. The predicted octanol–water partition coefficient (Wildman–Crippen LogP) is 1.33. The van der Waals surface area contributed by atoms with Crippen molar-refractivity contribution in [2.45, 2.75) is 31.2 Å². The second kappa shape index (κ2) is 3.31. The highest BCUT2D eigenvalue weighted by atomic mass is 14.9. The molecule has 1 aromatic heterocycles. The van der Waals surface area contributed by atoms with Crippen molar-refractivity contribution >= 4 is 0 Å². The van der Waals surface area contributed by atoms with Gasteiger partial charge in [0.1, 0.15) is 6.33 Å². The van der Waals surface area contributed by atoms with Gasteiger partial charge in [-0.15, -0.1) is 0 Å². The first kappa shape index (κ1) is 8.36. The lowest BCUT2D eigenvalue weighted by Crippen LogP contribution is -2.31. The molecule has 0 amide bonds. The van der Waals surface area contributed by atoms with Gasteiger partial charge in [0.2, 0.25) is 0 Å². The van der Waals surface area contributed by atoms with Crippen molar-refractivity contribution in [3.8, 4) is 0 Å². The molecule has 74 valence electrons. The minimum Gasteiger partial charge on any atom is -0.314 e. The molecule has 2 bridgehead atoms. The van der Waals surface area contributed by atoms with Crippen LogP contribution in [0.1, 0.15) is 30.7 Å². The molecule has 1 N–H and O–H groups in total. The number of fused-ring (bicyclic) bond motifs is 2. The summed E-state index contributed by atoms with van der Waals surface area (Å²) in [6.45, 7) is 1.19. The molecule has 2 aliphatic rings. The fourth-order valence-corrected chi connectivity index (χ4v) is 2.99. The van der Waals surface area contributed by atoms with E-state index in [1.54, 1.807) is 6.33 Å². The third-order valence-corrected chi connectivity index (χ3v) is 3.65. The van der Waals surface area contributed by atoms with Crippen LogP contribution in [0.15, 0.2) is 18.7 Å². The highest BCUT2D eigenvalue weighted by Gasteiger charge is 2.37. The number of rotatable bonds is 1. The Kier molecular flexibility index (Phi) is 1.98. The summed E-state index contributed by atoms with van der Waals surface area (Å²) in [6, 6.07) is 0.749. The van der Waals surface area contributed by atoms with E-state index in [-0.39, 0.29) is 0 Å². The van der Waals surface area contributed by atoms with E-state index in [0.29, 0.717) is 5.92 Å². The Balaban J connectivity index is 1.86. The number of nitrogens with zero attached hydrogens (tertiary/aromatic N) is 2. The van der Waals surface area contributed by atoms with Crippen LogP contribution < -0.4 is 5.32 Å². The Hall–Kier alpha value is -0.960. The molecule has 3 unspecified atom stereocenters. The van der Waals surface area contributed by atoms with Crippen LogP contribution >= 0.6 is 0 Å². The maximum Gasteiger partial charge on any atom is 0.115 e. The summed E-state index contributed by atoms with van der Waals surface area (Å²) in [7, 11) is 0. The van der Waals surface area contributed by atoms with Crippen molar-refractivity contribution in [1.29, 1.82) is 0 Å². The number of piperidine rings is 1. The fraction of sp³-hybridized carbons (Fsp3) is 0.636. The lowest BCUT2D eigenvalue weighted by atomic mass is 9.88. The lowest BCUT2D eigenvalue weighted by molar-refractivity contribution is 0.377. The molecule has 1 aliphatic carbocycles. The lowest BCUT2D eigenvalue weighted by Gasteiger charge is -2.21. The van der Waals surface area contributed by atoms with Crippen LogP contribution in [-0.4, -0.2) is 22.6 Å². The molecule has 1 aliphatic heterocycles. The summed E-state index contributed by atoms with van der Waals surface area (Å²) in [5.41, 5.74) is 1.34. The standard InChI is InChI=1S/C11H15N3/c1-2-14-10-3-8(1)11(4-10)9-5-12-7-13-6-9/h5-8,10-11,14H,1-4H2. The fourth-order valence-electron chi connectivity index (χ4n) is 2.99. The van der Waals surface area contributed by atoms with Crippen LogP contribution in [0.4, 0.5) is 0 Å². The van der Waals surface area contributed by atoms with Crippen LogP contribution in [0, 0.1) is 5.92 Å².